The Balaban J connectivity index is 1.46. The van der Waals surface area contributed by atoms with Crippen molar-refractivity contribution in [3.8, 4) is 11.5 Å². The monoisotopic (exact) mass is 557 g/mol. The van der Waals surface area contributed by atoms with Gasteiger partial charge in [0.05, 0.1) is 26.0 Å². The highest BCUT2D eigenvalue weighted by Crippen LogP contribution is 2.50. The van der Waals surface area contributed by atoms with E-state index in [-0.39, 0.29) is 24.3 Å². The molecule has 7 nitrogen and oxygen atoms in total. The van der Waals surface area contributed by atoms with E-state index in [9.17, 15) is 9.59 Å². The number of fused-ring (bicyclic) bond motifs is 5. The maximum absolute atomic E-state index is 14.3. The first kappa shape index (κ1) is 26.3. The topological polar surface area (TPSA) is 74.9 Å². The minimum Gasteiger partial charge on any atom is -0.493 e. The summed E-state index contributed by atoms with van der Waals surface area (Å²) in [5.41, 5.74) is 3.53. The lowest BCUT2D eigenvalue weighted by atomic mass is 9.76. The molecule has 1 saturated heterocycles. The summed E-state index contributed by atoms with van der Waals surface area (Å²) in [5.74, 6) is 0.936. The summed E-state index contributed by atoms with van der Waals surface area (Å²) in [6, 6.07) is 21.5. The van der Waals surface area contributed by atoms with Crippen molar-refractivity contribution in [2.75, 3.05) is 33.4 Å². The number of hydrogen-bond donors (Lipinski definition) is 1. The number of rotatable bonds is 7. The summed E-state index contributed by atoms with van der Waals surface area (Å²) in [4.78, 5) is 35.1. The van der Waals surface area contributed by atoms with Crippen molar-refractivity contribution in [2.24, 2.45) is 0 Å². The highest BCUT2D eigenvalue weighted by Gasteiger charge is 2.56. The summed E-state index contributed by atoms with van der Waals surface area (Å²) in [7, 11) is 1.63. The number of methoxy groups -OCH3 is 1. The Morgan fingerprint density at radius 1 is 1.05 bits per heavy atom. The van der Waals surface area contributed by atoms with Crippen LogP contribution < -0.4 is 9.47 Å². The SMILES string of the molecule is CCOc1c(OC)cccc1C1CN2C(=O)CN(CCc3ccc(Cl)cc3)C(=O)C2(C)c2[nH]c3ccccc3c21. The van der Waals surface area contributed by atoms with Gasteiger partial charge in [0.15, 0.2) is 17.0 Å². The smallest absolute Gasteiger partial charge is 0.254 e. The minimum atomic E-state index is -1.16. The van der Waals surface area contributed by atoms with Gasteiger partial charge in [0, 0.05) is 40.5 Å². The molecule has 1 N–H and O–H groups in total. The lowest BCUT2D eigenvalue weighted by molar-refractivity contribution is -0.166. The van der Waals surface area contributed by atoms with Gasteiger partial charge in [-0.2, -0.15) is 0 Å². The highest BCUT2D eigenvalue weighted by molar-refractivity contribution is 6.30. The summed E-state index contributed by atoms with van der Waals surface area (Å²) in [6.45, 7) is 5.13. The second kappa shape index (κ2) is 10.2. The Bertz CT molecular complexity index is 1600. The van der Waals surface area contributed by atoms with Crippen molar-refractivity contribution in [1.29, 1.82) is 0 Å². The third-order valence-electron chi connectivity index (χ3n) is 8.29. The van der Waals surface area contributed by atoms with Crippen molar-refractivity contribution in [1.82, 2.24) is 14.8 Å². The van der Waals surface area contributed by atoms with E-state index in [0.29, 0.717) is 42.6 Å². The van der Waals surface area contributed by atoms with Gasteiger partial charge in [-0.05, 0) is 55.7 Å². The van der Waals surface area contributed by atoms with E-state index in [4.69, 9.17) is 21.1 Å². The van der Waals surface area contributed by atoms with Crippen LogP contribution in [0.25, 0.3) is 10.9 Å². The zero-order valence-corrected chi connectivity index (χ0v) is 23.6. The second-order valence-corrected chi connectivity index (χ2v) is 10.9. The van der Waals surface area contributed by atoms with Gasteiger partial charge in [0.1, 0.15) is 0 Å². The maximum Gasteiger partial charge on any atom is 0.254 e. The molecular formula is C32H32ClN3O4. The number of piperazine rings is 1. The second-order valence-electron chi connectivity index (χ2n) is 10.5. The van der Waals surface area contributed by atoms with Crippen LogP contribution in [-0.2, 0) is 21.5 Å². The van der Waals surface area contributed by atoms with Gasteiger partial charge >= 0.3 is 0 Å². The molecule has 0 radical (unpaired) electrons. The first-order valence-electron chi connectivity index (χ1n) is 13.6. The molecule has 6 rings (SSSR count). The molecule has 206 valence electrons. The van der Waals surface area contributed by atoms with E-state index in [0.717, 1.165) is 33.3 Å². The van der Waals surface area contributed by atoms with Crippen molar-refractivity contribution in [2.45, 2.75) is 31.7 Å². The summed E-state index contributed by atoms with van der Waals surface area (Å²) in [6.07, 6.45) is 0.635. The fourth-order valence-corrected chi connectivity index (χ4v) is 6.45. The normalized spacial score (nSPS) is 20.4. The summed E-state index contributed by atoms with van der Waals surface area (Å²) >= 11 is 6.05. The van der Waals surface area contributed by atoms with E-state index in [1.165, 1.54) is 0 Å². The zero-order chi connectivity index (χ0) is 28.0. The van der Waals surface area contributed by atoms with Crippen molar-refractivity contribution in [3.05, 3.63) is 94.1 Å². The van der Waals surface area contributed by atoms with Gasteiger partial charge in [-0.25, -0.2) is 0 Å². The number of amides is 2. The minimum absolute atomic E-state index is 0.0424. The number of para-hydroxylation sites is 2. The van der Waals surface area contributed by atoms with Gasteiger partial charge in [0.25, 0.3) is 5.91 Å². The summed E-state index contributed by atoms with van der Waals surface area (Å²) < 4.78 is 11.8. The Labute approximate surface area is 238 Å². The molecule has 1 fully saturated rings. The molecule has 2 atom stereocenters. The Hall–Kier alpha value is -3.97. The molecule has 1 aromatic heterocycles. The van der Waals surface area contributed by atoms with Crippen LogP contribution in [0.3, 0.4) is 0 Å². The lowest BCUT2D eigenvalue weighted by Crippen LogP contribution is -2.67. The predicted molar refractivity (Wildman–Crippen MR) is 155 cm³/mol. The molecule has 0 aliphatic carbocycles. The number of hydrogen-bond acceptors (Lipinski definition) is 4. The van der Waals surface area contributed by atoms with E-state index in [1.807, 2.05) is 74.5 Å². The molecule has 0 spiro atoms. The molecule has 0 bridgehead atoms. The van der Waals surface area contributed by atoms with Gasteiger partial charge in [0.2, 0.25) is 5.91 Å². The number of carbonyl (C=O) groups excluding carboxylic acids is 2. The van der Waals surface area contributed by atoms with Crippen LogP contribution in [0.1, 0.15) is 42.1 Å². The molecule has 2 aliphatic rings. The van der Waals surface area contributed by atoms with E-state index >= 15 is 0 Å². The Morgan fingerprint density at radius 2 is 1.82 bits per heavy atom. The fraction of sp³-hybridized carbons (Fsp3) is 0.312. The molecule has 3 heterocycles. The van der Waals surface area contributed by atoms with E-state index in [2.05, 4.69) is 11.1 Å². The Morgan fingerprint density at radius 3 is 2.58 bits per heavy atom. The molecule has 0 saturated carbocycles. The molecule has 2 unspecified atom stereocenters. The first-order chi connectivity index (χ1) is 19.4. The van der Waals surface area contributed by atoms with Gasteiger partial charge in [-0.1, -0.05) is 54.1 Å². The molecule has 3 aromatic carbocycles. The fourth-order valence-electron chi connectivity index (χ4n) is 6.32. The molecule has 40 heavy (non-hydrogen) atoms. The van der Waals surface area contributed by atoms with Crippen LogP contribution in [0.5, 0.6) is 11.5 Å². The van der Waals surface area contributed by atoms with E-state index in [1.54, 1.807) is 16.9 Å². The third-order valence-corrected chi connectivity index (χ3v) is 8.55. The van der Waals surface area contributed by atoms with Crippen LogP contribution in [0, 0.1) is 0 Å². The molecule has 2 aliphatic heterocycles. The number of aromatic amines is 1. The highest BCUT2D eigenvalue weighted by atomic mass is 35.5. The number of H-pyrrole nitrogens is 1. The van der Waals surface area contributed by atoms with Gasteiger partial charge in [-0.15, -0.1) is 0 Å². The Kier molecular flexibility index (Phi) is 6.70. The number of halogens is 1. The molecule has 8 heteroatoms. The number of benzene rings is 3. The van der Waals surface area contributed by atoms with Crippen LogP contribution >= 0.6 is 11.6 Å². The third kappa shape index (κ3) is 4.11. The molecule has 2 amide bonds. The number of carbonyl (C=O) groups is 2. The zero-order valence-electron chi connectivity index (χ0n) is 22.9. The van der Waals surface area contributed by atoms with Crippen LogP contribution in [0.2, 0.25) is 5.02 Å². The molecular weight excluding hydrogens is 526 g/mol. The predicted octanol–water partition coefficient (Wildman–Crippen LogP) is 5.50. The van der Waals surface area contributed by atoms with Gasteiger partial charge < -0.3 is 24.3 Å². The largest absolute Gasteiger partial charge is 0.493 e. The average molecular weight is 558 g/mol. The number of ether oxygens (including phenoxy) is 2. The standard InChI is InChI=1S/C32H32ClN3O4/c1-4-40-29-22(9-7-11-26(29)39-3)24-18-36-27(37)19-35(17-16-20-12-14-21(33)15-13-20)31(38)32(36,2)30-28(24)23-8-5-6-10-25(23)34-30/h5-15,24,34H,4,16-19H2,1-3H3. The maximum atomic E-state index is 14.3. The van der Waals surface area contributed by atoms with E-state index < -0.39 is 5.54 Å². The van der Waals surface area contributed by atoms with Crippen molar-refractivity contribution in [3.63, 3.8) is 0 Å². The van der Waals surface area contributed by atoms with Gasteiger partial charge in [-0.3, -0.25) is 9.59 Å². The number of nitrogens with zero attached hydrogens (tertiary/aromatic N) is 2. The first-order valence-corrected chi connectivity index (χ1v) is 14.0. The quantitative estimate of drug-likeness (QED) is 0.325. The van der Waals surface area contributed by atoms with Crippen LogP contribution in [0.15, 0.2) is 66.7 Å². The lowest BCUT2D eigenvalue weighted by Gasteiger charge is -2.51. The average Bonchev–Trinajstić information content (AvgIpc) is 3.36. The number of aromatic nitrogens is 1. The molecule has 4 aromatic rings. The van der Waals surface area contributed by atoms with Crippen molar-refractivity contribution >= 4 is 34.3 Å². The number of nitrogens with one attached hydrogen (secondary N) is 1. The van der Waals surface area contributed by atoms with Crippen LogP contribution in [-0.4, -0.2) is 59.9 Å². The van der Waals surface area contributed by atoms with Crippen LogP contribution in [0.4, 0.5) is 0 Å². The van der Waals surface area contributed by atoms with Crippen molar-refractivity contribution < 1.29 is 19.1 Å². The summed E-state index contributed by atoms with van der Waals surface area (Å²) in [5, 5.41) is 1.70.